The van der Waals surface area contributed by atoms with Crippen LogP contribution in [-0.4, -0.2) is 30.5 Å². The number of hydrazone groups is 1. The van der Waals surface area contributed by atoms with Gasteiger partial charge in [0.2, 0.25) is 0 Å². The number of hydrogen-bond acceptors (Lipinski definition) is 5. The lowest BCUT2D eigenvalue weighted by Gasteiger charge is -2.10. The van der Waals surface area contributed by atoms with Crippen LogP contribution in [0.15, 0.2) is 77.9 Å². The van der Waals surface area contributed by atoms with Crippen LogP contribution in [0.1, 0.15) is 11.1 Å². The molecule has 0 unspecified atom stereocenters. The summed E-state index contributed by atoms with van der Waals surface area (Å²) in [4.78, 5) is 35.7. The predicted octanol–water partition coefficient (Wildman–Crippen LogP) is 3.95. The monoisotopic (exact) mass is 502 g/mol. The third-order valence-electron chi connectivity index (χ3n) is 4.41. The molecular weight excluding hydrogens is 484 g/mol. The normalized spacial score (nSPS) is 11.1. The number of para-hydroxylation sites is 1. The van der Waals surface area contributed by atoms with Gasteiger partial charge in [0, 0.05) is 5.69 Å². The van der Waals surface area contributed by atoms with Crippen LogP contribution >= 0.6 is 0 Å². The van der Waals surface area contributed by atoms with E-state index in [9.17, 15) is 31.9 Å². The van der Waals surface area contributed by atoms with E-state index in [1.807, 2.05) is 5.43 Å². The number of nitrogens with zero attached hydrogens (tertiary/aromatic N) is 1. The largest absolute Gasteiger partial charge is 0.484 e. The molecule has 0 aliphatic heterocycles. The summed E-state index contributed by atoms with van der Waals surface area (Å²) in [6.07, 6.45) is -3.34. The van der Waals surface area contributed by atoms with E-state index in [2.05, 4.69) is 15.7 Å². The summed E-state index contributed by atoms with van der Waals surface area (Å²) in [6.45, 7) is -0.482. The summed E-state index contributed by atoms with van der Waals surface area (Å²) >= 11 is 0. The first-order chi connectivity index (χ1) is 17.1. The van der Waals surface area contributed by atoms with Gasteiger partial charge >= 0.3 is 18.0 Å². The molecule has 186 valence electrons. The Hall–Kier alpha value is -4.74. The van der Waals surface area contributed by atoms with E-state index in [1.54, 1.807) is 12.1 Å². The van der Waals surface area contributed by atoms with Crippen molar-refractivity contribution in [3.05, 3.63) is 89.7 Å². The highest BCUT2D eigenvalue weighted by Crippen LogP contribution is 2.30. The van der Waals surface area contributed by atoms with Crippen molar-refractivity contribution in [1.29, 1.82) is 0 Å². The summed E-state index contributed by atoms with van der Waals surface area (Å²) in [7, 11) is 0. The summed E-state index contributed by atoms with van der Waals surface area (Å²) in [5.74, 6) is -3.40. The van der Waals surface area contributed by atoms with Crippen molar-refractivity contribution in [2.24, 2.45) is 5.10 Å². The molecule has 0 bridgehead atoms. The summed E-state index contributed by atoms with van der Waals surface area (Å²) in [6, 6.07) is 15.6. The zero-order valence-electron chi connectivity index (χ0n) is 18.3. The molecule has 8 nitrogen and oxygen atoms in total. The maximum Gasteiger partial charge on any atom is 0.416 e. The second kappa shape index (κ2) is 11.6. The molecule has 3 N–H and O–H groups in total. The fourth-order valence-electron chi connectivity index (χ4n) is 2.76. The van der Waals surface area contributed by atoms with Gasteiger partial charge in [0.25, 0.3) is 5.91 Å². The van der Waals surface area contributed by atoms with Crippen molar-refractivity contribution in [3.8, 4) is 5.75 Å². The Labute approximate surface area is 202 Å². The second-order valence-electron chi connectivity index (χ2n) is 7.12. The van der Waals surface area contributed by atoms with E-state index in [1.165, 1.54) is 48.7 Å². The SMILES string of the molecule is O=C(COc1cccc(/C=N\NC(=O)C(=O)Nc2ccccc2F)c1)Nc1cccc(C(F)(F)F)c1. The topological polar surface area (TPSA) is 109 Å². The molecule has 3 rings (SSSR count). The average Bonchev–Trinajstić information content (AvgIpc) is 2.84. The van der Waals surface area contributed by atoms with E-state index >= 15 is 0 Å². The second-order valence-corrected chi connectivity index (χ2v) is 7.12. The molecule has 3 aromatic rings. The first-order valence-electron chi connectivity index (χ1n) is 10.2. The lowest BCUT2D eigenvalue weighted by molar-refractivity contribution is -0.137. The first kappa shape index (κ1) is 25.9. The maximum absolute atomic E-state index is 13.6. The highest BCUT2D eigenvalue weighted by atomic mass is 19.4. The minimum absolute atomic E-state index is 0.0332. The highest BCUT2D eigenvalue weighted by molar-refractivity contribution is 6.39. The van der Waals surface area contributed by atoms with Gasteiger partial charge in [-0.2, -0.15) is 18.3 Å². The molecule has 0 radical (unpaired) electrons. The number of halogens is 4. The van der Waals surface area contributed by atoms with Crippen molar-refractivity contribution in [1.82, 2.24) is 5.43 Å². The zero-order chi connectivity index (χ0) is 26.1. The zero-order valence-corrected chi connectivity index (χ0v) is 18.3. The molecule has 0 atom stereocenters. The highest BCUT2D eigenvalue weighted by Gasteiger charge is 2.30. The molecule has 36 heavy (non-hydrogen) atoms. The van der Waals surface area contributed by atoms with Gasteiger partial charge < -0.3 is 15.4 Å². The Bertz CT molecular complexity index is 1290. The minimum Gasteiger partial charge on any atom is -0.484 e. The number of benzene rings is 3. The van der Waals surface area contributed by atoms with Crippen molar-refractivity contribution in [2.75, 3.05) is 17.2 Å². The molecular formula is C24H18F4N4O4. The summed E-state index contributed by atoms with van der Waals surface area (Å²) < 4.78 is 57.2. The molecule has 0 spiro atoms. The number of carbonyl (C=O) groups excluding carboxylic acids is 3. The first-order valence-corrected chi connectivity index (χ1v) is 10.2. The van der Waals surface area contributed by atoms with Crippen LogP contribution in [0, 0.1) is 5.82 Å². The number of rotatable bonds is 7. The third-order valence-corrected chi connectivity index (χ3v) is 4.41. The lowest BCUT2D eigenvalue weighted by atomic mass is 10.2. The van der Waals surface area contributed by atoms with Crippen LogP contribution in [0.3, 0.4) is 0 Å². The fraction of sp³-hybridized carbons (Fsp3) is 0.0833. The van der Waals surface area contributed by atoms with Crippen molar-refractivity contribution >= 4 is 35.3 Å². The quantitative estimate of drug-likeness (QED) is 0.197. The maximum atomic E-state index is 13.6. The van der Waals surface area contributed by atoms with E-state index in [4.69, 9.17) is 4.74 Å². The van der Waals surface area contributed by atoms with Gasteiger partial charge in [-0.3, -0.25) is 14.4 Å². The smallest absolute Gasteiger partial charge is 0.416 e. The number of hydrogen-bond donors (Lipinski definition) is 3. The Morgan fingerprint density at radius 2 is 1.64 bits per heavy atom. The Kier molecular flexibility index (Phi) is 8.34. The molecule has 0 saturated heterocycles. The molecule has 12 heteroatoms. The number of ether oxygens (including phenoxy) is 1. The van der Waals surface area contributed by atoms with Crippen LogP contribution in [0.4, 0.5) is 28.9 Å². The standard InChI is InChI=1S/C24H18F4N4O4/c25-19-9-1-2-10-20(19)31-22(34)23(35)32-29-13-15-5-3-8-18(11-15)36-14-21(33)30-17-7-4-6-16(12-17)24(26,27)28/h1-13H,14H2,(H,30,33)(H,31,34)(H,32,35)/b29-13-. The Morgan fingerprint density at radius 1 is 0.889 bits per heavy atom. The number of alkyl halides is 3. The van der Waals surface area contributed by atoms with Crippen LogP contribution in [0.2, 0.25) is 0 Å². The molecule has 0 heterocycles. The lowest BCUT2D eigenvalue weighted by Crippen LogP contribution is -2.32. The van der Waals surface area contributed by atoms with Crippen LogP contribution in [0.25, 0.3) is 0 Å². The van der Waals surface area contributed by atoms with Crippen LogP contribution in [0.5, 0.6) is 5.75 Å². The van der Waals surface area contributed by atoms with Crippen molar-refractivity contribution in [3.63, 3.8) is 0 Å². The van der Waals surface area contributed by atoms with E-state index in [0.717, 1.165) is 18.2 Å². The number of amides is 3. The van der Waals surface area contributed by atoms with Crippen LogP contribution < -0.4 is 20.8 Å². The van der Waals surface area contributed by atoms with E-state index in [0.29, 0.717) is 5.56 Å². The van der Waals surface area contributed by atoms with E-state index in [-0.39, 0.29) is 17.1 Å². The van der Waals surface area contributed by atoms with Gasteiger partial charge in [0.1, 0.15) is 11.6 Å². The molecule has 0 aliphatic rings. The van der Waals surface area contributed by atoms with E-state index < -0.39 is 41.9 Å². The molecule has 3 amide bonds. The molecule has 0 aliphatic carbocycles. The predicted molar refractivity (Wildman–Crippen MR) is 123 cm³/mol. The van der Waals surface area contributed by atoms with Gasteiger partial charge in [-0.05, 0) is 48.0 Å². The van der Waals surface area contributed by atoms with Crippen LogP contribution in [-0.2, 0) is 20.6 Å². The van der Waals surface area contributed by atoms with Gasteiger partial charge in [-0.15, -0.1) is 0 Å². The number of nitrogens with one attached hydrogen (secondary N) is 3. The molecule has 0 saturated carbocycles. The van der Waals surface area contributed by atoms with Gasteiger partial charge in [-0.25, -0.2) is 9.82 Å². The fourth-order valence-corrected chi connectivity index (χ4v) is 2.76. The number of carbonyl (C=O) groups is 3. The van der Waals surface area contributed by atoms with Gasteiger partial charge in [-0.1, -0.05) is 30.3 Å². The Balaban J connectivity index is 1.50. The summed E-state index contributed by atoms with van der Waals surface area (Å²) in [5.41, 5.74) is 1.33. The Morgan fingerprint density at radius 3 is 2.39 bits per heavy atom. The van der Waals surface area contributed by atoms with Gasteiger partial charge in [0.15, 0.2) is 6.61 Å². The minimum atomic E-state index is -4.54. The van der Waals surface area contributed by atoms with Crippen molar-refractivity contribution in [2.45, 2.75) is 6.18 Å². The molecule has 0 fully saturated rings. The third kappa shape index (κ3) is 7.65. The number of anilines is 2. The molecule has 3 aromatic carbocycles. The molecule has 0 aromatic heterocycles. The summed E-state index contributed by atoms with van der Waals surface area (Å²) in [5, 5.41) is 8.07. The van der Waals surface area contributed by atoms with Crippen molar-refractivity contribution < 1.29 is 36.7 Å². The van der Waals surface area contributed by atoms with Gasteiger partial charge in [0.05, 0.1) is 17.5 Å². The average molecular weight is 502 g/mol.